The van der Waals surface area contributed by atoms with Crippen LogP contribution in [0.5, 0.6) is 5.75 Å². The second-order valence-corrected chi connectivity index (χ2v) is 2.35. The molecule has 0 fully saturated rings. The molecular formula is C9H7BiNO+3. The van der Waals surface area contributed by atoms with Crippen molar-refractivity contribution in [3.05, 3.63) is 36.5 Å². The number of aromatic hydroxyl groups is 1. The summed E-state index contributed by atoms with van der Waals surface area (Å²) in [6, 6.07) is 9.13. The summed E-state index contributed by atoms with van der Waals surface area (Å²) in [7, 11) is 0. The quantitative estimate of drug-likeness (QED) is 0.729. The summed E-state index contributed by atoms with van der Waals surface area (Å²) >= 11 is 0. The van der Waals surface area contributed by atoms with Crippen molar-refractivity contribution < 1.29 is 5.11 Å². The SMILES string of the molecule is Oc1cccc2cccnc12.[Bi+3]. The molecule has 12 heavy (non-hydrogen) atoms. The molecule has 2 nitrogen and oxygen atoms in total. The number of benzene rings is 1. The normalized spacial score (nSPS) is 9.33. The molecule has 0 saturated heterocycles. The second-order valence-electron chi connectivity index (χ2n) is 2.35. The molecular weight excluding hydrogens is 347 g/mol. The van der Waals surface area contributed by atoms with Gasteiger partial charge in [-0.3, -0.25) is 4.98 Å². The minimum absolute atomic E-state index is 0. The molecule has 1 aromatic carbocycles. The van der Waals surface area contributed by atoms with E-state index >= 15 is 0 Å². The number of phenols is 1. The summed E-state index contributed by atoms with van der Waals surface area (Å²) in [6.45, 7) is 0. The standard InChI is InChI=1S/C9H7NO.Bi/c11-8-5-1-3-7-4-2-6-10-9(7)8;/h1-6,11H;/q;+3. The zero-order valence-corrected chi connectivity index (χ0v) is 9.78. The topological polar surface area (TPSA) is 33.1 Å². The first kappa shape index (κ1) is 9.40. The molecule has 0 atom stereocenters. The third-order valence-corrected chi connectivity index (χ3v) is 1.61. The van der Waals surface area contributed by atoms with Crippen molar-refractivity contribution in [2.45, 2.75) is 0 Å². The fourth-order valence-electron chi connectivity index (χ4n) is 1.09. The van der Waals surface area contributed by atoms with Crippen molar-refractivity contribution in [2.75, 3.05) is 0 Å². The summed E-state index contributed by atoms with van der Waals surface area (Å²) in [4.78, 5) is 4.03. The van der Waals surface area contributed by atoms with E-state index in [0.29, 0.717) is 5.52 Å². The summed E-state index contributed by atoms with van der Waals surface area (Å²) in [6.07, 6.45) is 1.67. The van der Waals surface area contributed by atoms with Crippen molar-refractivity contribution in [1.82, 2.24) is 4.98 Å². The van der Waals surface area contributed by atoms with Gasteiger partial charge in [-0.1, -0.05) is 18.2 Å². The molecule has 0 aliphatic heterocycles. The maximum Gasteiger partial charge on any atom is 3.00 e. The zero-order valence-electron chi connectivity index (χ0n) is 6.31. The van der Waals surface area contributed by atoms with E-state index in [1.165, 1.54) is 0 Å². The van der Waals surface area contributed by atoms with Crippen LogP contribution in [0.25, 0.3) is 10.9 Å². The van der Waals surface area contributed by atoms with Gasteiger partial charge >= 0.3 is 26.2 Å². The Morgan fingerprint density at radius 3 is 2.58 bits per heavy atom. The number of hydrogen-bond donors (Lipinski definition) is 1. The molecule has 0 bridgehead atoms. The Hall–Kier alpha value is -0.687. The van der Waals surface area contributed by atoms with Crippen LogP contribution in [0.4, 0.5) is 0 Å². The number of fused-ring (bicyclic) bond motifs is 1. The van der Waals surface area contributed by atoms with Crippen LogP contribution in [0.15, 0.2) is 36.5 Å². The fourth-order valence-corrected chi connectivity index (χ4v) is 1.09. The van der Waals surface area contributed by atoms with E-state index in [1.54, 1.807) is 18.3 Å². The second kappa shape index (κ2) is 3.81. The summed E-state index contributed by atoms with van der Waals surface area (Å²) in [5.41, 5.74) is 0.662. The van der Waals surface area contributed by atoms with Crippen LogP contribution < -0.4 is 0 Å². The van der Waals surface area contributed by atoms with E-state index in [9.17, 15) is 5.11 Å². The number of hydrogen-bond acceptors (Lipinski definition) is 2. The Bertz CT molecular complexity index is 384. The first-order valence-corrected chi connectivity index (χ1v) is 3.40. The number of pyridine rings is 1. The molecule has 0 aliphatic carbocycles. The van der Waals surface area contributed by atoms with Crippen LogP contribution in [0.1, 0.15) is 0 Å². The van der Waals surface area contributed by atoms with E-state index in [1.807, 2.05) is 18.2 Å². The first-order valence-electron chi connectivity index (χ1n) is 3.40. The van der Waals surface area contributed by atoms with Crippen LogP contribution in [-0.2, 0) is 0 Å². The van der Waals surface area contributed by atoms with E-state index < -0.39 is 0 Å². The van der Waals surface area contributed by atoms with Gasteiger partial charge in [-0.2, -0.15) is 0 Å². The number of phenolic OH excluding ortho intramolecular Hbond substituents is 1. The van der Waals surface area contributed by atoms with Gasteiger partial charge in [0, 0.05) is 11.6 Å². The molecule has 1 N–H and O–H groups in total. The van der Waals surface area contributed by atoms with Crippen molar-refractivity contribution in [2.24, 2.45) is 0 Å². The van der Waals surface area contributed by atoms with Crippen LogP contribution in [0.2, 0.25) is 0 Å². The molecule has 0 aliphatic rings. The molecule has 3 heteroatoms. The Morgan fingerprint density at radius 2 is 1.83 bits per heavy atom. The number of rotatable bonds is 0. The summed E-state index contributed by atoms with van der Waals surface area (Å²) in [5, 5.41) is 10.3. The molecule has 0 amide bonds. The molecule has 0 unspecified atom stereocenters. The maximum absolute atomic E-state index is 9.31. The third kappa shape index (κ3) is 1.56. The van der Waals surface area contributed by atoms with Crippen LogP contribution in [-0.4, -0.2) is 36.3 Å². The minimum Gasteiger partial charge on any atom is -0.506 e. The van der Waals surface area contributed by atoms with Gasteiger partial charge in [-0.05, 0) is 12.1 Å². The predicted molar refractivity (Wildman–Crippen MR) is 49.2 cm³/mol. The van der Waals surface area contributed by atoms with Crippen LogP contribution in [0, 0.1) is 0 Å². The van der Waals surface area contributed by atoms with Crippen molar-refractivity contribution >= 4 is 37.1 Å². The van der Waals surface area contributed by atoms with Gasteiger partial charge in [0.2, 0.25) is 0 Å². The van der Waals surface area contributed by atoms with Gasteiger partial charge in [0.05, 0.1) is 0 Å². The molecule has 2 aromatic rings. The van der Waals surface area contributed by atoms with E-state index in [0.717, 1.165) is 5.39 Å². The molecule has 0 spiro atoms. The Morgan fingerprint density at radius 1 is 1.08 bits per heavy atom. The fraction of sp³-hybridized carbons (Fsp3) is 0. The molecule has 0 saturated carbocycles. The van der Waals surface area contributed by atoms with E-state index in [-0.39, 0.29) is 32.0 Å². The summed E-state index contributed by atoms with van der Waals surface area (Å²) < 4.78 is 0. The van der Waals surface area contributed by atoms with Crippen LogP contribution in [0.3, 0.4) is 0 Å². The molecule has 2 radical (unpaired) electrons. The number of para-hydroxylation sites is 1. The largest absolute Gasteiger partial charge is 3.00 e. The van der Waals surface area contributed by atoms with Crippen LogP contribution >= 0.6 is 0 Å². The maximum atomic E-state index is 9.31. The first-order chi connectivity index (χ1) is 5.38. The molecule has 2 rings (SSSR count). The van der Waals surface area contributed by atoms with Gasteiger partial charge in [0.25, 0.3) is 0 Å². The van der Waals surface area contributed by atoms with Gasteiger partial charge in [0.1, 0.15) is 11.3 Å². The van der Waals surface area contributed by atoms with Gasteiger partial charge in [0.15, 0.2) is 0 Å². The van der Waals surface area contributed by atoms with Crippen molar-refractivity contribution in [3.63, 3.8) is 0 Å². The Kier molecular flexibility index (Phi) is 2.99. The van der Waals surface area contributed by atoms with E-state index in [2.05, 4.69) is 4.98 Å². The number of aromatic nitrogens is 1. The van der Waals surface area contributed by atoms with Gasteiger partial charge in [-0.15, -0.1) is 0 Å². The average molecular weight is 354 g/mol. The van der Waals surface area contributed by atoms with E-state index in [4.69, 9.17) is 0 Å². The van der Waals surface area contributed by atoms with Gasteiger partial charge in [-0.25, -0.2) is 0 Å². The zero-order chi connectivity index (χ0) is 7.68. The molecule has 56 valence electrons. The Labute approximate surface area is 89.4 Å². The third-order valence-electron chi connectivity index (χ3n) is 1.61. The predicted octanol–water partition coefficient (Wildman–Crippen LogP) is 1.56. The molecule has 1 heterocycles. The Balaban J connectivity index is 0.000000720. The van der Waals surface area contributed by atoms with Crippen molar-refractivity contribution in [3.8, 4) is 5.75 Å². The minimum atomic E-state index is 0. The van der Waals surface area contributed by atoms with Gasteiger partial charge < -0.3 is 5.11 Å². The molecule has 1 aromatic heterocycles. The smallest absolute Gasteiger partial charge is 0.506 e. The van der Waals surface area contributed by atoms with Crippen molar-refractivity contribution in [1.29, 1.82) is 0 Å². The monoisotopic (exact) mass is 354 g/mol. The summed E-state index contributed by atoms with van der Waals surface area (Å²) in [5.74, 6) is 0.239. The average Bonchev–Trinajstić information content (AvgIpc) is 2.06. The number of nitrogens with zero attached hydrogens (tertiary/aromatic N) is 1.